The summed E-state index contributed by atoms with van der Waals surface area (Å²) in [6, 6.07) is 7.07. The van der Waals surface area contributed by atoms with Crippen molar-refractivity contribution in [1.82, 2.24) is 25.4 Å². The van der Waals surface area contributed by atoms with Gasteiger partial charge in [0.05, 0.1) is 25.1 Å². The molecule has 3 heterocycles. The van der Waals surface area contributed by atoms with Crippen LogP contribution in [0.1, 0.15) is 35.2 Å². The number of urea groups is 1. The van der Waals surface area contributed by atoms with Gasteiger partial charge < -0.3 is 9.73 Å². The van der Waals surface area contributed by atoms with Gasteiger partial charge in [0.15, 0.2) is 5.16 Å². The summed E-state index contributed by atoms with van der Waals surface area (Å²) in [5.41, 5.74) is 0. The van der Waals surface area contributed by atoms with Crippen LogP contribution >= 0.6 is 23.1 Å². The summed E-state index contributed by atoms with van der Waals surface area (Å²) in [5.74, 6) is 1.85. The largest absolute Gasteiger partial charge is 0.467 e. The van der Waals surface area contributed by atoms with Crippen molar-refractivity contribution in [3.05, 3.63) is 52.4 Å². The molecule has 3 aromatic rings. The van der Waals surface area contributed by atoms with Crippen LogP contribution in [0.2, 0.25) is 0 Å². The van der Waals surface area contributed by atoms with Crippen molar-refractivity contribution in [2.24, 2.45) is 0 Å². The SMILES string of the molecule is O=C(CSc1nnc(C2CC2)n1Cc1ccco1)NC(=O)NCc1cccs1. The Morgan fingerprint density at radius 3 is 2.89 bits per heavy atom. The summed E-state index contributed by atoms with van der Waals surface area (Å²) in [6.45, 7) is 0.920. The number of nitrogens with zero attached hydrogens (tertiary/aromatic N) is 3. The minimum atomic E-state index is -0.505. The first-order valence-electron chi connectivity index (χ1n) is 8.87. The Morgan fingerprint density at radius 2 is 2.18 bits per heavy atom. The van der Waals surface area contributed by atoms with E-state index in [1.54, 1.807) is 17.6 Å². The smallest absolute Gasteiger partial charge is 0.321 e. The molecule has 0 aliphatic heterocycles. The van der Waals surface area contributed by atoms with E-state index in [9.17, 15) is 9.59 Å². The molecule has 0 unspecified atom stereocenters. The van der Waals surface area contributed by atoms with Crippen LogP contribution in [-0.4, -0.2) is 32.5 Å². The fourth-order valence-corrected chi connectivity index (χ4v) is 4.06. The van der Waals surface area contributed by atoms with Crippen LogP contribution in [0.5, 0.6) is 0 Å². The van der Waals surface area contributed by atoms with Gasteiger partial charge in [-0.3, -0.25) is 14.7 Å². The maximum Gasteiger partial charge on any atom is 0.321 e. The number of nitrogens with one attached hydrogen (secondary N) is 2. The molecule has 1 fully saturated rings. The highest BCUT2D eigenvalue weighted by Gasteiger charge is 2.30. The van der Waals surface area contributed by atoms with Gasteiger partial charge in [-0.25, -0.2) is 4.79 Å². The molecule has 0 radical (unpaired) electrons. The van der Waals surface area contributed by atoms with Crippen LogP contribution in [0, 0.1) is 0 Å². The standard InChI is InChI=1S/C18H19N5O3S2/c24-15(20-17(25)19-9-14-4-2-8-27-14)11-28-18-22-21-16(12-5-6-12)23(18)10-13-3-1-7-26-13/h1-4,7-8,12H,5-6,9-11H2,(H2,19,20,24,25). The zero-order valence-corrected chi connectivity index (χ0v) is 16.6. The zero-order chi connectivity index (χ0) is 19.3. The van der Waals surface area contributed by atoms with Gasteiger partial charge in [0.2, 0.25) is 5.91 Å². The second-order valence-electron chi connectivity index (χ2n) is 6.38. The first-order chi connectivity index (χ1) is 13.7. The Bertz CT molecular complexity index is 933. The molecule has 4 rings (SSSR count). The van der Waals surface area contributed by atoms with Gasteiger partial charge >= 0.3 is 6.03 Å². The van der Waals surface area contributed by atoms with Gasteiger partial charge in [0, 0.05) is 10.8 Å². The van der Waals surface area contributed by atoms with E-state index >= 15 is 0 Å². The number of thiophene rings is 1. The Labute approximate surface area is 169 Å². The first-order valence-corrected chi connectivity index (χ1v) is 10.7. The molecule has 0 aromatic carbocycles. The van der Waals surface area contributed by atoms with Gasteiger partial charge in [0.25, 0.3) is 0 Å². The number of carbonyl (C=O) groups is 2. The number of rotatable bonds is 8. The normalized spacial score (nSPS) is 13.4. The molecule has 3 amide bonds. The highest BCUT2D eigenvalue weighted by Crippen LogP contribution is 2.40. The predicted octanol–water partition coefficient (Wildman–Crippen LogP) is 2.98. The maximum atomic E-state index is 12.1. The van der Waals surface area contributed by atoms with Crippen molar-refractivity contribution >= 4 is 35.0 Å². The quantitative estimate of drug-likeness (QED) is 0.547. The third-order valence-corrected chi connectivity index (χ3v) is 6.01. The number of thioether (sulfide) groups is 1. The molecule has 3 aromatic heterocycles. The number of imide groups is 1. The van der Waals surface area contributed by atoms with Crippen molar-refractivity contribution in [3.63, 3.8) is 0 Å². The van der Waals surface area contributed by atoms with E-state index < -0.39 is 6.03 Å². The van der Waals surface area contributed by atoms with E-state index in [4.69, 9.17) is 4.42 Å². The highest BCUT2D eigenvalue weighted by atomic mass is 32.2. The number of carbonyl (C=O) groups excluding carboxylic acids is 2. The van der Waals surface area contributed by atoms with Crippen LogP contribution < -0.4 is 10.6 Å². The van der Waals surface area contributed by atoms with Gasteiger partial charge in [-0.05, 0) is 36.4 Å². The summed E-state index contributed by atoms with van der Waals surface area (Å²) in [4.78, 5) is 25.0. The average Bonchev–Trinajstić information content (AvgIpc) is 3.09. The molecule has 10 heteroatoms. The highest BCUT2D eigenvalue weighted by molar-refractivity contribution is 7.99. The molecule has 0 bridgehead atoms. The monoisotopic (exact) mass is 417 g/mol. The minimum absolute atomic E-state index is 0.0768. The van der Waals surface area contributed by atoms with Crippen LogP contribution in [0.4, 0.5) is 4.79 Å². The van der Waals surface area contributed by atoms with Crippen LogP contribution in [0.3, 0.4) is 0 Å². The fourth-order valence-electron chi connectivity index (χ4n) is 2.67. The maximum absolute atomic E-state index is 12.1. The van der Waals surface area contributed by atoms with Crippen molar-refractivity contribution < 1.29 is 14.0 Å². The fraction of sp³-hybridized carbons (Fsp3) is 0.333. The molecule has 1 aliphatic carbocycles. The number of hydrogen-bond acceptors (Lipinski definition) is 7. The van der Waals surface area contributed by atoms with E-state index in [2.05, 4.69) is 20.8 Å². The van der Waals surface area contributed by atoms with E-state index in [0.717, 1.165) is 29.3 Å². The molecule has 0 saturated heterocycles. The van der Waals surface area contributed by atoms with E-state index in [1.165, 1.54) is 11.8 Å². The Morgan fingerprint density at radius 1 is 1.29 bits per heavy atom. The van der Waals surface area contributed by atoms with Gasteiger partial charge in [-0.15, -0.1) is 21.5 Å². The predicted molar refractivity (Wildman–Crippen MR) is 105 cm³/mol. The number of furan rings is 1. The molecule has 28 heavy (non-hydrogen) atoms. The van der Waals surface area contributed by atoms with Gasteiger partial charge in [-0.1, -0.05) is 17.8 Å². The topological polar surface area (TPSA) is 102 Å². The van der Waals surface area contributed by atoms with Crippen molar-refractivity contribution in [3.8, 4) is 0 Å². The Kier molecular flexibility index (Phi) is 5.77. The zero-order valence-electron chi connectivity index (χ0n) is 15.0. The lowest BCUT2D eigenvalue weighted by Crippen LogP contribution is -2.39. The molecule has 1 aliphatic rings. The number of hydrogen-bond donors (Lipinski definition) is 2. The van der Waals surface area contributed by atoms with Gasteiger partial charge in [-0.2, -0.15) is 0 Å². The molecule has 2 N–H and O–H groups in total. The minimum Gasteiger partial charge on any atom is -0.467 e. The average molecular weight is 418 g/mol. The molecular formula is C18H19N5O3S2. The Hall–Kier alpha value is -2.59. The van der Waals surface area contributed by atoms with Gasteiger partial charge in [0.1, 0.15) is 11.6 Å². The van der Waals surface area contributed by atoms with E-state index in [1.807, 2.05) is 34.2 Å². The van der Waals surface area contributed by atoms with Crippen LogP contribution in [0.25, 0.3) is 0 Å². The lowest BCUT2D eigenvalue weighted by atomic mass is 10.3. The second-order valence-corrected chi connectivity index (χ2v) is 8.35. The lowest BCUT2D eigenvalue weighted by molar-refractivity contribution is -0.117. The molecule has 0 atom stereocenters. The van der Waals surface area contributed by atoms with E-state index in [0.29, 0.717) is 24.2 Å². The summed E-state index contributed by atoms with van der Waals surface area (Å²) < 4.78 is 7.43. The third kappa shape index (κ3) is 4.82. The summed E-state index contributed by atoms with van der Waals surface area (Å²) >= 11 is 2.81. The van der Waals surface area contributed by atoms with Crippen molar-refractivity contribution in [1.29, 1.82) is 0 Å². The van der Waals surface area contributed by atoms with Crippen LogP contribution in [-0.2, 0) is 17.9 Å². The van der Waals surface area contributed by atoms with Crippen molar-refractivity contribution in [2.75, 3.05) is 5.75 Å². The summed E-state index contributed by atoms with van der Waals surface area (Å²) in [5, 5.41) is 16.1. The van der Waals surface area contributed by atoms with E-state index in [-0.39, 0.29) is 11.7 Å². The molecule has 0 spiro atoms. The summed E-state index contributed by atoms with van der Waals surface area (Å²) in [7, 11) is 0. The second kappa shape index (κ2) is 8.61. The number of aromatic nitrogens is 3. The van der Waals surface area contributed by atoms with Crippen LogP contribution in [0.15, 0.2) is 45.5 Å². The Balaban J connectivity index is 1.31. The molecule has 1 saturated carbocycles. The number of amides is 3. The van der Waals surface area contributed by atoms with Crippen molar-refractivity contribution in [2.45, 2.75) is 37.0 Å². The summed E-state index contributed by atoms with van der Waals surface area (Å²) in [6.07, 6.45) is 3.84. The first kappa shape index (κ1) is 18.8. The molecule has 8 nitrogen and oxygen atoms in total. The molecule has 146 valence electrons. The molecular weight excluding hydrogens is 398 g/mol. The third-order valence-electron chi connectivity index (χ3n) is 4.17. The lowest BCUT2D eigenvalue weighted by Gasteiger charge is -2.08.